The Kier molecular flexibility index (Phi) is 8.65. The van der Waals surface area contributed by atoms with Gasteiger partial charge in [-0.1, -0.05) is 53.9 Å². The Hall–Kier alpha value is -2.61. The summed E-state index contributed by atoms with van der Waals surface area (Å²) in [5, 5.41) is 8.20. The smallest absolute Gasteiger partial charge is 0.322 e. The molecular formula is C21H24Cl2N4O3. The molecule has 160 valence electrons. The number of amides is 4. The first-order valence-electron chi connectivity index (χ1n) is 9.34. The number of carbonyl (C=O) groups is 3. The van der Waals surface area contributed by atoms with Gasteiger partial charge in [0.15, 0.2) is 0 Å². The summed E-state index contributed by atoms with van der Waals surface area (Å²) in [5.74, 6) is -0.901. The van der Waals surface area contributed by atoms with Crippen LogP contribution in [0.4, 0.5) is 16.2 Å². The van der Waals surface area contributed by atoms with Crippen molar-refractivity contribution in [3.63, 3.8) is 0 Å². The van der Waals surface area contributed by atoms with Crippen molar-refractivity contribution < 1.29 is 14.4 Å². The molecule has 2 rings (SSSR count). The highest BCUT2D eigenvalue weighted by Crippen LogP contribution is 2.29. The van der Waals surface area contributed by atoms with Crippen LogP contribution in [0.25, 0.3) is 0 Å². The molecule has 4 amide bonds. The number of nitrogens with zero attached hydrogens (tertiary/aromatic N) is 1. The van der Waals surface area contributed by atoms with Crippen molar-refractivity contribution in [2.45, 2.75) is 20.8 Å². The fourth-order valence-electron chi connectivity index (χ4n) is 2.76. The summed E-state index contributed by atoms with van der Waals surface area (Å²) in [6, 6.07) is 9.84. The van der Waals surface area contributed by atoms with E-state index in [1.807, 2.05) is 26.0 Å². The van der Waals surface area contributed by atoms with Gasteiger partial charge < -0.3 is 10.6 Å². The van der Waals surface area contributed by atoms with E-state index in [9.17, 15) is 14.4 Å². The predicted molar refractivity (Wildman–Crippen MR) is 120 cm³/mol. The largest absolute Gasteiger partial charge is 0.325 e. The molecule has 30 heavy (non-hydrogen) atoms. The average Bonchev–Trinajstić information content (AvgIpc) is 2.66. The Morgan fingerprint density at radius 1 is 0.933 bits per heavy atom. The Balaban J connectivity index is 1.87. The number of hydrogen-bond acceptors (Lipinski definition) is 4. The van der Waals surface area contributed by atoms with E-state index < -0.39 is 11.9 Å². The van der Waals surface area contributed by atoms with E-state index in [1.54, 1.807) is 36.1 Å². The van der Waals surface area contributed by atoms with Crippen LogP contribution in [0.1, 0.15) is 18.1 Å². The molecule has 0 aromatic heterocycles. The molecule has 0 aliphatic carbocycles. The number of aryl methyl sites for hydroxylation is 2. The molecule has 0 saturated heterocycles. The third kappa shape index (κ3) is 7.02. The van der Waals surface area contributed by atoms with Gasteiger partial charge in [-0.25, -0.2) is 4.79 Å². The number of hydrogen-bond donors (Lipinski definition) is 3. The van der Waals surface area contributed by atoms with Gasteiger partial charge in [-0.15, -0.1) is 0 Å². The lowest BCUT2D eigenvalue weighted by molar-refractivity contribution is -0.122. The molecule has 2 aromatic carbocycles. The van der Waals surface area contributed by atoms with Gasteiger partial charge in [-0.05, 0) is 44.2 Å². The summed E-state index contributed by atoms with van der Waals surface area (Å²) in [4.78, 5) is 38.2. The van der Waals surface area contributed by atoms with E-state index in [0.29, 0.717) is 28.0 Å². The molecule has 7 nitrogen and oxygen atoms in total. The summed E-state index contributed by atoms with van der Waals surface area (Å²) >= 11 is 12.1. The number of para-hydroxylation sites is 1. The topological polar surface area (TPSA) is 90.5 Å². The van der Waals surface area contributed by atoms with E-state index in [1.165, 1.54) is 0 Å². The zero-order valence-electron chi connectivity index (χ0n) is 17.0. The Morgan fingerprint density at radius 2 is 1.57 bits per heavy atom. The molecule has 0 bridgehead atoms. The molecular weight excluding hydrogens is 427 g/mol. The van der Waals surface area contributed by atoms with Crippen molar-refractivity contribution in [2.75, 3.05) is 30.3 Å². The molecule has 0 saturated carbocycles. The number of urea groups is 1. The van der Waals surface area contributed by atoms with Crippen LogP contribution in [0.15, 0.2) is 36.4 Å². The fourth-order valence-corrected chi connectivity index (χ4v) is 3.25. The highest BCUT2D eigenvalue weighted by Gasteiger charge is 2.17. The maximum Gasteiger partial charge on any atom is 0.325 e. The van der Waals surface area contributed by atoms with Crippen molar-refractivity contribution in [1.82, 2.24) is 10.2 Å². The van der Waals surface area contributed by atoms with E-state index >= 15 is 0 Å². The summed E-state index contributed by atoms with van der Waals surface area (Å²) in [6.07, 6.45) is 0. The first-order valence-corrected chi connectivity index (χ1v) is 10.1. The lowest BCUT2D eigenvalue weighted by Crippen LogP contribution is -2.44. The minimum absolute atomic E-state index is 0.0653. The summed E-state index contributed by atoms with van der Waals surface area (Å²) in [7, 11) is 0. The molecule has 0 aliphatic heterocycles. The van der Waals surface area contributed by atoms with Gasteiger partial charge in [0.1, 0.15) is 0 Å². The molecule has 0 heterocycles. The van der Waals surface area contributed by atoms with Crippen LogP contribution >= 0.6 is 23.2 Å². The number of carbonyl (C=O) groups excluding carboxylic acids is 3. The first-order chi connectivity index (χ1) is 14.2. The van der Waals surface area contributed by atoms with Crippen molar-refractivity contribution in [2.24, 2.45) is 0 Å². The zero-order valence-corrected chi connectivity index (χ0v) is 18.5. The third-order valence-electron chi connectivity index (χ3n) is 4.29. The van der Waals surface area contributed by atoms with Crippen LogP contribution in [-0.2, 0) is 9.59 Å². The minimum atomic E-state index is -0.629. The summed E-state index contributed by atoms with van der Waals surface area (Å²) in [6.45, 7) is 5.86. The number of nitrogens with one attached hydrogen (secondary N) is 3. The number of halogens is 2. The predicted octanol–water partition coefficient (Wildman–Crippen LogP) is 4.22. The molecule has 0 unspecified atom stereocenters. The fraction of sp³-hybridized carbons (Fsp3) is 0.286. The number of benzene rings is 2. The maximum atomic E-state index is 12.3. The van der Waals surface area contributed by atoms with Crippen LogP contribution in [-0.4, -0.2) is 42.4 Å². The molecule has 9 heteroatoms. The molecule has 0 atom stereocenters. The average molecular weight is 451 g/mol. The second-order valence-corrected chi connectivity index (χ2v) is 7.58. The molecule has 0 fully saturated rings. The second kappa shape index (κ2) is 11.0. The van der Waals surface area contributed by atoms with E-state index in [0.717, 1.165) is 11.1 Å². The van der Waals surface area contributed by atoms with Crippen LogP contribution in [0.2, 0.25) is 10.0 Å². The number of rotatable bonds is 7. The van der Waals surface area contributed by atoms with Gasteiger partial charge >= 0.3 is 6.03 Å². The van der Waals surface area contributed by atoms with Gasteiger partial charge in [-0.2, -0.15) is 0 Å². The third-order valence-corrected chi connectivity index (χ3v) is 4.92. The lowest BCUT2D eigenvalue weighted by atomic mass is 10.1. The molecule has 3 N–H and O–H groups in total. The quantitative estimate of drug-likeness (QED) is 0.588. The number of likely N-dealkylation sites (N-methyl/N-ethyl adjacent to an activating group) is 1. The van der Waals surface area contributed by atoms with E-state index in [-0.39, 0.29) is 19.0 Å². The van der Waals surface area contributed by atoms with Crippen LogP contribution in [0.5, 0.6) is 0 Å². The molecule has 2 aromatic rings. The summed E-state index contributed by atoms with van der Waals surface area (Å²) in [5.41, 5.74) is 2.90. The van der Waals surface area contributed by atoms with Gasteiger partial charge in [0.25, 0.3) is 0 Å². The first kappa shape index (κ1) is 23.7. The molecule has 0 radical (unpaired) electrons. The SMILES string of the molecule is CCN(CC(=O)NC(=O)Nc1ccc(C)cc1C)CC(=O)Nc1c(Cl)cccc1Cl. The number of anilines is 2. The van der Waals surface area contributed by atoms with Crippen LogP contribution < -0.4 is 16.0 Å². The van der Waals surface area contributed by atoms with Gasteiger partial charge in [0.05, 0.1) is 28.8 Å². The van der Waals surface area contributed by atoms with E-state index in [2.05, 4.69) is 16.0 Å². The van der Waals surface area contributed by atoms with Gasteiger partial charge in [0, 0.05) is 5.69 Å². The van der Waals surface area contributed by atoms with Gasteiger partial charge in [-0.3, -0.25) is 19.8 Å². The van der Waals surface area contributed by atoms with Crippen molar-refractivity contribution in [3.8, 4) is 0 Å². The maximum absolute atomic E-state index is 12.3. The van der Waals surface area contributed by atoms with Crippen molar-refractivity contribution >= 4 is 52.4 Å². The highest BCUT2D eigenvalue weighted by molar-refractivity contribution is 6.39. The summed E-state index contributed by atoms with van der Waals surface area (Å²) < 4.78 is 0. The Morgan fingerprint density at radius 3 is 2.17 bits per heavy atom. The zero-order chi connectivity index (χ0) is 22.3. The van der Waals surface area contributed by atoms with Crippen molar-refractivity contribution in [1.29, 1.82) is 0 Å². The number of imide groups is 1. The molecule has 0 aliphatic rings. The highest BCUT2D eigenvalue weighted by atomic mass is 35.5. The minimum Gasteiger partial charge on any atom is -0.322 e. The van der Waals surface area contributed by atoms with Crippen LogP contribution in [0.3, 0.4) is 0 Å². The van der Waals surface area contributed by atoms with Crippen LogP contribution in [0, 0.1) is 13.8 Å². The van der Waals surface area contributed by atoms with Crippen molar-refractivity contribution in [3.05, 3.63) is 57.6 Å². The standard InChI is InChI=1S/C21H24Cl2N4O3/c1-4-27(11-18(28)25-20-15(22)6-5-7-16(20)23)12-19(29)26-21(30)24-17-9-8-13(2)10-14(17)3/h5-10H,4,11-12H2,1-3H3,(H,25,28)(H2,24,26,29,30). The van der Waals surface area contributed by atoms with Gasteiger partial charge in [0.2, 0.25) is 11.8 Å². The molecule has 0 spiro atoms. The monoisotopic (exact) mass is 450 g/mol. The Bertz CT molecular complexity index is 930. The lowest BCUT2D eigenvalue weighted by Gasteiger charge is -2.19. The second-order valence-electron chi connectivity index (χ2n) is 6.77. The van der Waals surface area contributed by atoms with E-state index in [4.69, 9.17) is 23.2 Å². The normalized spacial score (nSPS) is 10.6. The Labute approximate surface area is 185 Å².